The van der Waals surface area contributed by atoms with Gasteiger partial charge in [0.05, 0.1) is 0 Å². The van der Waals surface area contributed by atoms with E-state index in [4.69, 9.17) is 5.11 Å². The molecule has 0 aromatic heterocycles. The number of carboxylic acids is 1. The summed E-state index contributed by atoms with van der Waals surface area (Å²) in [6, 6.07) is -0.588. The highest BCUT2D eigenvalue weighted by Gasteiger charge is 2.15. The van der Waals surface area contributed by atoms with E-state index < -0.39 is 12.0 Å². The van der Waals surface area contributed by atoms with Crippen molar-refractivity contribution in [2.45, 2.75) is 26.3 Å². The molecule has 0 heterocycles. The number of aliphatic carboxylic acids is 1. The SMILES string of the molecule is C=C(C)C(NCCC)C(=O)O. The Hall–Kier alpha value is -0.830. The standard InChI is InChI=1S/C8H15NO2/c1-4-5-9-7(6(2)3)8(10)11/h7,9H,2,4-5H2,1,3H3,(H,10,11). The van der Waals surface area contributed by atoms with Crippen LogP contribution >= 0.6 is 0 Å². The molecule has 0 aliphatic carbocycles. The Morgan fingerprint density at radius 1 is 1.73 bits per heavy atom. The second kappa shape index (κ2) is 4.91. The molecular formula is C8H15NO2. The van der Waals surface area contributed by atoms with E-state index in [1.54, 1.807) is 6.92 Å². The second-order valence-corrected chi connectivity index (χ2v) is 2.57. The average molecular weight is 157 g/mol. The molecule has 0 bridgehead atoms. The third-order valence-corrected chi connectivity index (χ3v) is 1.34. The highest BCUT2D eigenvalue weighted by molar-refractivity contribution is 5.77. The maximum Gasteiger partial charge on any atom is 0.324 e. The lowest BCUT2D eigenvalue weighted by molar-refractivity contribution is -0.138. The van der Waals surface area contributed by atoms with Gasteiger partial charge in [-0.25, -0.2) is 0 Å². The van der Waals surface area contributed by atoms with E-state index in [1.165, 1.54) is 0 Å². The van der Waals surface area contributed by atoms with Crippen molar-refractivity contribution in [2.75, 3.05) is 6.54 Å². The Labute approximate surface area is 67.1 Å². The van der Waals surface area contributed by atoms with Gasteiger partial charge in [-0.1, -0.05) is 19.1 Å². The minimum Gasteiger partial charge on any atom is -0.480 e. The largest absolute Gasteiger partial charge is 0.480 e. The highest BCUT2D eigenvalue weighted by atomic mass is 16.4. The molecule has 0 aromatic rings. The number of rotatable bonds is 5. The molecule has 0 aliphatic heterocycles. The summed E-state index contributed by atoms with van der Waals surface area (Å²) in [5.41, 5.74) is 0.644. The molecule has 64 valence electrons. The first kappa shape index (κ1) is 10.2. The van der Waals surface area contributed by atoms with Crippen LogP contribution in [0.3, 0.4) is 0 Å². The van der Waals surface area contributed by atoms with E-state index >= 15 is 0 Å². The van der Waals surface area contributed by atoms with E-state index in [0.29, 0.717) is 12.1 Å². The maximum atomic E-state index is 10.5. The van der Waals surface area contributed by atoms with Crippen molar-refractivity contribution in [1.29, 1.82) is 0 Å². The van der Waals surface area contributed by atoms with E-state index in [2.05, 4.69) is 11.9 Å². The van der Waals surface area contributed by atoms with Crippen LogP contribution in [0.2, 0.25) is 0 Å². The van der Waals surface area contributed by atoms with Crippen LogP contribution in [0.1, 0.15) is 20.3 Å². The molecule has 3 heteroatoms. The molecule has 0 radical (unpaired) electrons. The molecule has 0 spiro atoms. The number of hydrogen-bond acceptors (Lipinski definition) is 2. The van der Waals surface area contributed by atoms with Crippen molar-refractivity contribution in [3.05, 3.63) is 12.2 Å². The van der Waals surface area contributed by atoms with Crippen LogP contribution in [0.25, 0.3) is 0 Å². The van der Waals surface area contributed by atoms with E-state index in [9.17, 15) is 4.79 Å². The zero-order valence-corrected chi connectivity index (χ0v) is 7.05. The van der Waals surface area contributed by atoms with Crippen LogP contribution in [0, 0.1) is 0 Å². The average Bonchev–Trinajstić information content (AvgIpc) is 1.87. The number of hydrogen-bond donors (Lipinski definition) is 2. The zero-order chi connectivity index (χ0) is 8.85. The van der Waals surface area contributed by atoms with Gasteiger partial charge < -0.3 is 10.4 Å². The van der Waals surface area contributed by atoms with Crippen LogP contribution in [-0.2, 0) is 4.79 Å². The summed E-state index contributed by atoms with van der Waals surface area (Å²) in [7, 11) is 0. The topological polar surface area (TPSA) is 49.3 Å². The van der Waals surface area contributed by atoms with Gasteiger partial charge in [-0.2, -0.15) is 0 Å². The summed E-state index contributed by atoms with van der Waals surface area (Å²) in [6.07, 6.45) is 0.928. The molecule has 0 rings (SSSR count). The first-order chi connectivity index (χ1) is 5.09. The Balaban J connectivity index is 3.90. The van der Waals surface area contributed by atoms with Gasteiger partial charge in [0.25, 0.3) is 0 Å². The molecule has 0 fully saturated rings. The third-order valence-electron chi connectivity index (χ3n) is 1.34. The lowest BCUT2D eigenvalue weighted by Gasteiger charge is -2.12. The fourth-order valence-corrected chi connectivity index (χ4v) is 0.761. The second-order valence-electron chi connectivity index (χ2n) is 2.57. The Kier molecular flexibility index (Phi) is 4.54. The van der Waals surface area contributed by atoms with Gasteiger partial charge in [-0.3, -0.25) is 4.79 Å². The predicted octanol–water partition coefficient (Wildman–Crippen LogP) is 1.02. The monoisotopic (exact) mass is 157 g/mol. The summed E-state index contributed by atoms with van der Waals surface area (Å²) in [5.74, 6) is -0.856. The summed E-state index contributed by atoms with van der Waals surface area (Å²) in [5, 5.41) is 11.5. The van der Waals surface area contributed by atoms with Crippen LogP contribution in [0.4, 0.5) is 0 Å². The molecule has 11 heavy (non-hydrogen) atoms. The highest BCUT2D eigenvalue weighted by Crippen LogP contribution is 1.97. The lowest BCUT2D eigenvalue weighted by Crippen LogP contribution is -2.37. The smallest absolute Gasteiger partial charge is 0.324 e. The van der Waals surface area contributed by atoms with Crippen molar-refractivity contribution in [2.24, 2.45) is 0 Å². The van der Waals surface area contributed by atoms with Crippen molar-refractivity contribution in [1.82, 2.24) is 5.32 Å². The van der Waals surface area contributed by atoms with Gasteiger partial charge in [-0.15, -0.1) is 0 Å². The molecule has 0 saturated carbocycles. The van der Waals surface area contributed by atoms with Crippen LogP contribution in [0.5, 0.6) is 0 Å². The molecular weight excluding hydrogens is 142 g/mol. The quantitative estimate of drug-likeness (QED) is 0.586. The van der Waals surface area contributed by atoms with Crippen LogP contribution < -0.4 is 5.32 Å². The number of carbonyl (C=O) groups is 1. The Bertz CT molecular complexity index is 140. The van der Waals surface area contributed by atoms with Gasteiger partial charge in [-0.05, 0) is 19.9 Å². The van der Waals surface area contributed by atoms with Gasteiger partial charge in [0.1, 0.15) is 6.04 Å². The first-order valence-electron chi connectivity index (χ1n) is 3.71. The van der Waals surface area contributed by atoms with Crippen LogP contribution in [0.15, 0.2) is 12.2 Å². The fraction of sp³-hybridized carbons (Fsp3) is 0.625. The number of nitrogens with one attached hydrogen (secondary N) is 1. The molecule has 3 nitrogen and oxygen atoms in total. The minimum absolute atomic E-state index is 0.588. The Morgan fingerprint density at radius 2 is 2.27 bits per heavy atom. The first-order valence-corrected chi connectivity index (χ1v) is 3.71. The van der Waals surface area contributed by atoms with Crippen molar-refractivity contribution < 1.29 is 9.90 Å². The van der Waals surface area contributed by atoms with Crippen molar-refractivity contribution in [3.63, 3.8) is 0 Å². The van der Waals surface area contributed by atoms with Crippen molar-refractivity contribution in [3.8, 4) is 0 Å². The maximum absolute atomic E-state index is 10.5. The molecule has 0 aliphatic rings. The summed E-state index contributed by atoms with van der Waals surface area (Å²) in [4.78, 5) is 10.5. The fourth-order valence-electron chi connectivity index (χ4n) is 0.761. The van der Waals surface area contributed by atoms with Gasteiger partial charge >= 0.3 is 5.97 Å². The Morgan fingerprint density at radius 3 is 2.55 bits per heavy atom. The van der Waals surface area contributed by atoms with Crippen LogP contribution in [-0.4, -0.2) is 23.7 Å². The summed E-state index contributed by atoms with van der Waals surface area (Å²) < 4.78 is 0. The zero-order valence-electron chi connectivity index (χ0n) is 7.05. The minimum atomic E-state index is -0.856. The van der Waals surface area contributed by atoms with Gasteiger partial charge in [0.15, 0.2) is 0 Å². The summed E-state index contributed by atoms with van der Waals surface area (Å²) >= 11 is 0. The molecule has 0 amide bonds. The van der Waals surface area contributed by atoms with Gasteiger partial charge in [0, 0.05) is 0 Å². The van der Waals surface area contributed by atoms with E-state index in [-0.39, 0.29) is 0 Å². The molecule has 2 N–H and O–H groups in total. The number of carboxylic acid groups (broad SMARTS) is 1. The predicted molar refractivity (Wildman–Crippen MR) is 44.5 cm³/mol. The van der Waals surface area contributed by atoms with E-state index in [1.807, 2.05) is 6.92 Å². The normalized spacial score (nSPS) is 12.5. The molecule has 1 atom stereocenters. The van der Waals surface area contributed by atoms with Gasteiger partial charge in [0.2, 0.25) is 0 Å². The molecule has 0 saturated heterocycles. The van der Waals surface area contributed by atoms with E-state index in [0.717, 1.165) is 6.42 Å². The third kappa shape index (κ3) is 3.78. The van der Waals surface area contributed by atoms with Crippen molar-refractivity contribution >= 4 is 5.97 Å². The molecule has 1 unspecified atom stereocenters. The summed E-state index contributed by atoms with van der Waals surface area (Å²) in [6.45, 7) is 8.00. The lowest BCUT2D eigenvalue weighted by atomic mass is 10.1. The molecule has 0 aromatic carbocycles.